The van der Waals surface area contributed by atoms with E-state index >= 15 is 0 Å². The highest BCUT2D eigenvalue weighted by atomic mass is 19.2. The van der Waals surface area contributed by atoms with E-state index in [1.54, 1.807) is 42.5 Å². The van der Waals surface area contributed by atoms with Crippen LogP contribution in [0.15, 0.2) is 78.9 Å². The van der Waals surface area contributed by atoms with Crippen LogP contribution in [-0.2, 0) is 12.8 Å². The number of benzene rings is 4. The summed E-state index contributed by atoms with van der Waals surface area (Å²) in [7, 11) is 0. The van der Waals surface area contributed by atoms with E-state index in [0.29, 0.717) is 11.1 Å². The summed E-state index contributed by atoms with van der Waals surface area (Å²) in [5, 5.41) is 0. The maximum absolute atomic E-state index is 14.2. The van der Waals surface area contributed by atoms with Gasteiger partial charge < -0.3 is 0 Å². The zero-order chi connectivity index (χ0) is 22.0. The van der Waals surface area contributed by atoms with Crippen LogP contribution in [0.5, 0.6) is 0 Å². The second-order valence-electron chi connectivity index (χ2n) is 7.55. The largest absolute Gasteiger partial charge is 0.204 e. The zero-order valence-electron chi connectivity index (χ0n) is 16.9. The topological polar surface area (TPSA) is 0 Å². The Morgan fingerprint density at radius 3 is 1.58 bits per heavy atom. The van der Waals surface area contributed by atoms with Gasteiger partial charge in [-0.3, -0.25) is 0 Å². The summed E-state index contributed by atoms with van der Waals surface area (Å²) in [5.41, 5.74) is 4.15. The second kappa shape index (κ2) is 8.76. The number of rotatable bonds is 5. The molecule has 4 aromatic rings. The van der Waals surface area contributed by atoms with Gasteiger partial charge in [0.15, 0.2) is 23.3 Å². The van der Waals surface area contributed by atoms with Gasteiger partial charge in [-0.05, 0) is 53.6 Å². The third-order valence-corrected chi connectivity index (χ3v) is 5.46. The van der Waals surface area contributed by atoms with Gasteiger partial charge in [-0.15, -0.1) is 0 Å². The van der Waals surface area contributed by atoms with Gasteiger partial charge in [0, 0.05) is 11.1 Å². The molecule has 0 radical (unpaired) electrons. The molecule has 0 unspecified atom stereocenters. The quantitative estimate of drug-likeness (QED) is 0.291. The highest BCUT2D eigenvalue weighted by molar-refractivity contribution is 5.65. The van der Waals surface area contributed by atoms with Crippen molar-refractivity contribution in [2.24, 2.45) is 0 Å². The van der Waals surface area contributed by atoms with Crippen LogP contribution in [0.4, 0.5) is 17.6 Å². The second-order valence-corrected chi connectivity index (χ2v) is 7.55. The van der Waals surface area contributed by atoms with Crippen LogP contribution < -0.4 is 0 Å². The van der Waals surface area contributed by atoms with Crippen LogP contribution in [0, 0.1) is 30.2 Å². The summed E-state index contributed by atoms with van der Waals surface area (Å²) in [6, 6.07) is 22.1. The van der Waals surface area contributed by atoms with E-state index < -0.39 is 23.3 Å². The van der Waals surface area contributed by atoms with Crippen molar-refractivity contribution in [2.45, 2.75) is 19.8 Å². The van der Waals surface area contributed by atoms with Crippen LogP contribution >= 0.6 is 0 Å². The molecule has 0 heterocycles. The molecule has 0 bridgehead atoms. The molecule has 0 saturated carbocycles. The summed E-state index contributed by atoms with van der Waals surface area (Å²) < 4.78 is 55.4. The molecule has 0 fully saturated rings. The standard InChI is InChI=1S/C27H20F4/c1-17-5-16-23(27(31)25(17)29)21-14-10-19(11-15-21)7-6-18-8-12-20(13-9-18)22-3-2-4-24(28)26(22)30/h2-5,8-16H,6-7H2,1H3. The number of hydrogen-bond donors (Lipinski definition) is 0. The Morgan fingerprint density at radius 2 is 1.03 bits per heavy atom. The molecular formula is C27H20F4. The Kier molecular flexibility index (Phi) is 5.90. The van der Waals surface area contributed by atoms with Gasteiger partial charge in [-0.25, -0.2) is 17.6 Å². The minimum atomic E-state index is -0.863. The first kappa shape index (κ1) is 20.9. The average molecular weight is 420 g/mol. The van der Waals surface area contributed by atoms with E-state index in [9.17, 15) is 17.6 Å². The predicted octanol–water partition coefficient (Wildman–Crippen LogP) is 7.67. The van der Waals surface area contributed by atoms with E-state index in [2.05, 4.69) is 0 Å². The normalized spacial score (nSPS) is 11.0. The van der Waals surface area contributed by atoms with Crippen molar-refractivity contribution in [3.63, 3.8) is 0 Å². The molecule has 0 aliphatic heterocycles. The summed E-state index contributed by atoms with van der Waals surface area (Å²) in [6.07, 6.45) is 1.53. The highest BCUT2D eigenvalue weighted by Gasteiger charge is 2.12. The molecule has 4 rings (SSSR count). The molecule has 0 spiro atoms. The van der Waals surface area contributed by atoms with Gasteiger partial charge in [0.2, 0.25) is 0 Å². The predicted molar refractivity (Wildman–Crippen MR) is 116 cm³/mol. The van der Waals surface area contributed by atoms with Crippen molar-refractivity contribution in [1.82, 2.24) is 0 Å². The number of aryl methyl sites for hydroxylation is 3. The first-order valence-electron chi connectivity index (χ1n) is 10.0. The first-order valence-corrected chi connectivity index (χ1v) is 10.0. The first-order chi connectivity index (χ1) is 14.9. The Bertz CT molecular complexity index is 1210. The molecule has 0 saturated heterocycles. The minimum Gasteiger partial charge on any atom is -0.204 e. The highest BCUT2D eigenvalue weighted by Crippen LogP contribution is 2.27. The van der Waals surface area contributed by atoms with Crippen LogP contribution in [-0.4, -0.2) is 0 Å². The molecule has 0 N–H and O–H groups in total. The maximum atomic E-state index is 14.2. The molecule has 0 amide bonds. The number of hydrogen-bond acceptors (Lipinski definition) is 0. The lowest BCUT2D eigenvalue weighted by Crippen LogP contribution is -1.95. The van der Waals surface area contributed by atoms with Gasteiger partial charge >= 0.3 is 0 Å². The van der Waals surface area contributed by atoms with Crippen molar-refractivity contribution >= 4 is 0 Å². The molecule has 0 aliphatic carbocycles. The van der Waals surface area contributed by atoms with Gasteiger partial charge in [0.05, 0.1) is 0 Å². The van der Waals surface area contributed by atoms with Crippen molar-refractivity contribution < 1.29 is 17.6 Å². The molecule has 4 heteroatoms. The summed E-state index contributed by atoms with van der Waals surface area (Å²) in [5.74, 6) is -3.36. The lowest BCUT2D eigenvalue weighted by Gasteiger charge is -2.09. The van der Waals surface area contributed by atoms with Gasteiger partial charge in [-0.2, -0.15) is 0 Å². The Balaban J connectivity index is 1.44. The van der Waals surface area contributed by atoms with Crippen LogP contribution in [0.3, 0.4) is 0 Å². The third kappa shape index (κ3) is 4.38. The van der Waals surface area contributed by atoms with E-state index in [1.165, 1.54) is 13.0 Å². The lowest BCUT2D eigenvalue weighted by atomic mass is 9.98. The molecule has 0 nitrogen and oxygen atoms in total. The van der Waals surface area contributed by atoms with Crippen molar-refractivity contribution in [2.75, 3.05) is 0 Å². The maximum Gasteiger partial charge on any atom is 0.166 e. The monoisotopic (exact) mass is 420 g/mol. The Labute approximate surface area is 178 Å². The average Bonchev–Trinajstić information content (AvgIpc) is 2.79. The fourth-order valence-corrected chi connectivity index (χ4v) is 3.59. The summed E-state index contributed by atoms with van der Waals surface area (Å²) in [4.78, 5) is 0. The molecule has 31 heavy (non-hydrogen) atoms. The Hall–Kier alpha value is -3.40. The molecule has 0 atom stereocenters. The Morgan fingerprint density at radius 1 is 0.516 bits per heavy atom. The van der Waals surface area contributed by atoms with Crippen LogP contribution in [0.25, 0.3) is 22.3 Å². The van der Waals surface area contributed by atoms with Crippen molar-refractivity contribution in [3.8, 4) is 22.3 Å². The minimum absolute atomic E-state index is 0.238. The molecule has 156 valence electrons. The summed E-state index contributed by atoms with van der Waals surface area (Å²) in [6.45, 7) is 1.53. The van der Waals surface area contributed by atoms with E-state index in [1.807, 2.05) is 24.3 Å². The van der Waals surface area contributed by atoms with E-state index in [0.717, 1.165) is 30.0 Å². The van der Waals surface area contributed by atoms with Gasteiger partial charge in [0.25, 0.3) is 0 Å². The van der Waals surface area contributed by atoms with Gasteiger partial charge in [0.1, 0.15) is 0 Å². The summed E-state index contributed by atoms with van der Waals surface area (Å²) >= 11 is 0. The van der Waals surface area contributed by atoms with Crippen LogP contribution in [0.1, 0.15) is 16.7 Å². The SMILES string of the molecule is Cc1ccc(-c2ccc(CCc3ccc(-c4cccc(F)c4F)cc3)cc2)c(F)c1F. The van der Waals surface area contributed by atoms with Crippen molar-refractivity contribution in [3.05, 3.63) is 119 Å². The molecular weight excluding hydrogens is 400 g/mol. The molecule has 0 aliphatic rings. The van der Waals surface area contributed by atoms with E-state index in [-0.39, 0.29) is 16.7 Å². The molecule has 4 aromatic carbocycles. The van der Waals surface area contributed by atoms with Gasteiger partial charge in [-0.1, -0.05) is 72.8 Å². The van der Waals surface area contributed by atoms with Crippen molar-refractivity contribution in [1.29, 1.82) is 0 Å². The fourth-order valence-electron chi connectivity index (χ4n) is 3.59. The fraction of sp³-hybridized carbons (Fsp3) is 0.111. The molecule has 0 aromatic heterocycles. The lowest BCUT2D eigenvalue weighted by molar-refractivity contribution is 0.505. The van der Waals surface area contributed by atoms with Crippen LogP contribution in [0.2, 0.25) is 0 Å². The zero-order valence-corrected chi connectivity index (χ0v) is 16.9. The number of halogens is 4. The third-order valence-electron chi connectivity index (χ3n) is 5.46. The smallest absolute Gasteiger partial charge is 0.166 e. The van der Waals surface area contributed by atoms with E-state index in [4.69, 9.17) is 0 Å².